The van der Waals surface area contributed by atoms with Crippen molar-refractivity contribution in [3.05, 3.63) is 47.4 Å². The van der Waals surface area contributed by atoms with Gasteiger partial charge in [0, 0.05) is 53.2 Å². The van der Waals surface area contributed by atoms with E-state index in [1.165, 1.54) is 24.7 Å². The summed E-state index contributed by atoms with van der Waals surface area (Å²) in [7, 11) is 0. The Bertz CT molecular complexity index is 1190. The molecule has 0 saturated heterocycles. The lowest BCUT2D eigenvalue weighted by molar-refractivity contribution is -0.140. The van der Waals surface area contributed by atoms with Gasteiger partial charge in [0.25, 0.3) is 5.91 Å². The van der Waals surface area contributed by atoms with E-state index in [0.717, 1.165) is 29.6 Å². The Kier molecular flexibility index (Phi) is 6.27. The number of amides is 3. The van der Waals surface area contributed by atoms with Crippen LogP contribution in [0, 0.1) is 0 Å². The molecule has 0 unspecified atom stereocenters. The third-order valence-corrected chi connectivity index (χ3v) is 5.61. The normalized spacial score (nSPS) is 13.5. The van der Waals surface area contributed by atoms with E-state index in [4.69, 9.17) is 0 Å². The Balaban J connectivity index is 1.74. The molecule has 1 aliphatic rings. The molecule has 33 heavy (non-hydrogen) atoms. The fourth-order valence-electron chi connectivity index (χ4n) is 2.99. The minimum absolute atomic E-state index is 0.0894. The molecule has 3 N–H and O–H groups in total. The maximum Gasteiger partial charge on any atom is 0.434 e. The first-order chi connectivity index (χ1) is 15.7. The van der Waals surface area contributed by atoms with Crippen molar-refractivity contribution >= 4 is 29.1 Å². The molecule has 3 amide bonds. The van der Waals surface area contributed by atoms with Gasteiger partial charge in [0.05, 0.1) is 5.56 Å². The van der Waals surface area contributed by atoms with E-state index in [2.05, 4.69) is 30.9 Å². The zero-order valence-corrected chi connectivity index (χ0v) is 18.2. The van der Waals surface area contributed by atoms with Crippen LogP contribution in [-0.4, -0.2) is 39.5 Å². The van der Waals surface area contributed by atoms with E-state index >= 15 is 0 Å². The monoisotopic (exact) mass is 476 g/mol. The van der Waals surface area contributed by atoms with Gasteiger partial charge in [0.2, 0.25) is 0 Å². The number of urea groups is 1. The standard InChI is InChI=1S/C21H19F3N6O2S/c1-2-26-20(32)30-17-6-14(19-29-16(10-33-19)21(22,23)24)15(9-27-17)11-5-12(8-25-7-11)18(31)28-13-3-4-13/h5-10,13H,2-4H2,1H3,(H,28,31)(H2,26,27,30,32). The van der Waals surface area contributed by atoms with Crippen LogP contribution < -0.4 is 16.0 Å². The number of halogens is 3. The lowest BCUT2D eigenvalue weighted by atomic mass is 10.0. The maximum atomic E-state index is 13.1. The minimum Gasteiger partial charge on any atom is -0.349 e. The maximum absolute atomic E-state index is 13.1. The van der Waals surface area contributed by atoms with Crippen molar-refractivity contribution in [3.8, 4) is 21.7 Å². The summed E-state index contributed by atoms with van der Waals surface area (Å²) in [5.41, 5.74) is 0.533. The summed E-state index contributed by atoms with van der Waals surface area (Å²) in [5, 5.41) is 8.99. The molecule has 0 aromatic carbocycles. The van der Waals surface area contributed by atoms with Crippen molar-refractivity contribution in [2.24, 2.45) is 0 Å². The van der Waals surface area contributed by atoms with Gasteiger partial charge in [-0.15, -0.1) is 11.3 Å². The third kappa shape index (κ3) is 5.45. The van der Waals surface area contributed by atoms with Gasteiger partial charge in [-0.3, -0.25) is 15.1 Å². The van der Waals surface area contributed by atoms with E-state index in [-0.39, 0.29) is 22.8 Å². The number of aromatic nitrogens is 3. The Hall–Kier alpha value is -3.54. The zero-order chi connectivity index (χ0) is 23.6. The van der Waals surface area contributed by atoms with E-state index in [1.54, 1.807) is 13.0 Å². The Morgan fingerprint density at radius 1 is 1.15 bits per heavy atom. The average Bonchev–Trinajstić information content (AvgIpc) is 3.43. The molecule has 1 saturated carbocycles. The summed E-state index contributed by atoms with van der Waals surface area (Å²) in [6.07, 6.45) is 1.59. The summed E-state index contributed by atoms with van der Waals surface area (Å²) < 4.78 is 39.4. The van der Waals surface area contributed by atoms with Crippen LogP contribution >= 0.6 is 11.3 Å². The quantitative estimate of drug-likeness (QED) is 0.491. The van der Waals surface area contributed by atoms with Gasteiger partial charge in [0.15, 0.2) is 5.69 Å². The number of pyridine rings is 2. The van der Waals surface area contributed by atoms with Crippen molar-refractivity contribution in [3.63, 3.8) is 0 Å². The Morgan fingerprint density at radius 3 is 2.61 bits per heavy atom. The van der Waals surface area contributed by atoms with E-state index in [1.807, 2.05) is 0 Å². The predicted octanol–water partition coefficient (Wildman–Crippen LogP) is 4.32. The number of carbonyl (C=O) groups is 2. The molecule has 172 valence electrons. The SMILES string of the molecule is CCNC(=O)Nc1cc(-c2nc(C(F)(F)F)cs2)c(-c2cncc(C(=O)NC3CC3)c2)cn1. The number of nitrogens with zero attached hydrogens (tertiary/aromatic N) is 3. The highest BCUT2D eigenvalue weighted by Crippen LogP contribution is 2.38. The number of carbonyl (C=O) groups excluding carboxylic acids is 2. The number of rotatable bonds is 6. The van der Waals surface area contributed by atoms with Crippen molar-refractivity contribution in [1.82, 2.24) is 25.6 Å². The van der Waals surface area contributed by atoms with Crippen LogP contribution in [-0.2, 0) is 6.18 Å². The number of anilines is 1. The van der Waals surface area contributed by atoms with E-state index < -0.39 is 17.9 Å². The number of nitrogens with one attached hydrogen (secondary N) is 3. The summed E-state index contributed by atoms with van der Waals surface area (Å²) in [5.74, 6) is -0.136. The van der Waals surface area contributed by atoms with Crippen LogP contribution in [0.3, 0.4) is 0 Å². The van der Waals surface area contributed by atoms with Gasteiger partial charge < -0.3 is 10.6 Å². The highest BCUT2D eigenvalue weighted by Gasteiger charge is 2.34. The first-order valence-electron chi connectivity index (χ1n) is 10.1. The van der Waals surface area contributed by atoms with Crippen LogP contribution in [0.5, 0.6) is 0 Å². The zero-order valence-electron chi connectivity index (χ0n) is 17.4. The van der Waals surface area contributed by atoms with Crippen molar-refractivity contribution < 1.29 is 22.8 Å². The van der Waals surface area contributed by atoms with Crippen molar-refractivity contribution in [2.75, 3.05) is 11.9 Å². The molecule has 1 aliphatic carbocycles. The largest absolute Gasteiger partial charge is 0.434 e. The predicted molar refractivity (Wildman–Crippen MR) is 117 cm³/mol. The fraction of sp³-hybridized carbons (Fsp3) is 0.286. The van der Waals surface area contributed by atoms with Gasteiger partial charge in [-0.05, 0) is 31.9 Å². The van der Waals surface area contributed by atoms with Crippen molar-refractivity contribution in [1.29, 1.82) is 0 Å². The molecule has 3 aromatic rings. The molecular formula is C21H19F3N6O2S. The molecule has 0 bridgehead atoms. The van der Waals surface area contributed by atoms with Gasteiger partial charge in [-0.1, -0.05) is 0 Å². The number of hydrogen-bond acceptors (Lipinski definition) is 6. The number of alkyl halides is 3. The molecule has 0 spiro atoms. The summed E-state index contributed by atoms with van der Waals surface area (Å²) in [6.45, 7) is 2.13. The van der Waals surface area contributed by atoms with Gasteiger partial charge in [-0.25, -0.2) is 14.8 Å². The van der Waals surface area contributed by atoms with Crippen LogP contribution in [0.4, 0.5) is 23.8 Å². The highest BCUT2D eigenvalue weighted by atomic mass is 32.1. The molecule has 3 aromatic heterocycles. The lowest BCUT2D eigenvalue weighted by Gasteiger charge is -2.12. The van der Waals surface area contributed by atoms with Crippen LogP contribution in [0.15, 0.2) is 36.1 Å². The fourth-order valence-corrected chi connectivity index (χ4v) is 3.84. The molecule has 3 heterocycles. The second-order valence-electron chi connectivity index (χ2n) is 7.35. The molecule has 4 rings (SSSR count). The molecular weight excluding hydrogens is 457 g/mol. The molecule has 1 fully saturated rings. The van der Waals surface area contributed by atoms with Crippen LogP contribution in [0.1, 0.15) is 35.8 Å². The highest BCUT2D eigenvalue weighted by molar-refractivity contribution is 7.13. The van der Waals surface area contributed by atoms with Crippen LogP contribution in [0.25, 0.3) is 21.7 Å². The summed E-state index contributed by atoms with van der Waals surface area (Å²) in [6, 6.07) is 2.70. The molecule has 8 nitrogen and oxygen atoms in total. The van der Waals surface area contributed by atoms with Gasteiger partial charge in [-0.2, -0.15) is 13.2 Å². The summed E-state index contributed by atoms with van der Waals surface area (Å²) >= 11 is 0.816. The smallest absolute Gasteiger partial charge is 0.349 e. The summed E-state index contributed by atoms with van der Waals surface area (Å²) in [4.78, 5) is 36.4. The number of thiazole rings is 1. The Labute approximate surface area is 190 Å². The Morgan fingerprint density at radius 2 is 1.94 bits per heavy atom. The second-order valence-corrected chi connectivity index (χ2v) is 8.20. The van der Waals surface area contributed by atoms with Gasteiger partial charge in [0.1, 0.15) is 10.8 Å². The molecule has 0 atom stereocenters. The third-order valence-electron chi connectivity index (χ3n) is 4.73. The minimum atomic E-state index is -4.59. The lowest BCUT2D eigenvalue weighted by Crippen LogP contribution is -2.28. The van der Waals surface area contributed by atoms with Crippen molar-refractivity contribution in [2.45, 2.75) is 32.0 Å². The topological polar surface area (TPSA) is 109 Å². The molecule has 12 heteroatoms. The van der Waals surface area contributed by atoms with Gasteiger partial charge >= 0.3 is 12.2 Å². The van der Waals surface area contributed by atoms with E-state index in [0.29, 0.717) is 28.8 Å². The van der Waals surface area contributed by atoms with Crippen LogP contribution in [0.2, 0.25) is 0 Å². The molecule has 0 radical (unpaired) electrons. The average molecular weight is 476 g/mol. The molecule has 0 aliphatic heterocycles. The van der Waals surface area contributed by atoms with E-state index in [9.17, 15) is 22.8 Å². The number of hydrogen-bond donors (Lipinski definition) is 3. The first kappa shape index (κ1) is 22.6. The second kappa shape index (κ2) is 9.14. The first-order valence-corrected chi connectivity index (χ1v) is 11.0.